The molecular weight excluding hydrogens is 280 g/mol. The van der Waals surface area contributed by atoms with Crippen molar-refractivity contribution < 1.29 is 4.74 Å². The minimum atomic E-state index is 0.579. The van der Waals surface area contributed by atoms with Crippen LogP contribution in [0.5, 0.6) is 5.75 Å². The summed E-state index contributed by atoms with van der Waals surface area (Å²) in [6, 6.07) is 8.28. The Morgan fingerprint density at radius 3 is 2.86 bits per heavy atom. The maximum atomic E-state index is 5.29. The van der Waals surface area contributed by atoms with Crippen LogP contribution in [0.3, 0.4) is 0 Å². The molecule has 1 saturated heterocycles. The van der Waals surface area contributed by atoms with Gasteiger partial charge in [0.2, 0.25) is 0 Å². The summed E-state index contributed by atoms with van der Waals surface area (Å²) in [7, 11) is 1.69. The van der Waals surface area contributed by atoms with E-state index in [9.17, 15) is 0 Å². The van der Waals surface area contributed by atoms with Gasteiger partial charge in [-0.05, 0) is 42.7 Å². The quantitative estimate of drug-likeness (QED) is 0.880. The highest BCUT2D eigenvalue weighted by Gasteiger charge is 2.51. The monoisotopic (exact) mass is 300 g/mol. The summed E-state index contributed by atoms with van der Waals surface area (Å²) >= 11 is 4.41. The molecule has 21 heavy (non-hydrogen) atoms. The summed E-state index contributed by atoms with van der Waals surface area (Å²) in [5.41, 5.74) is 2.90. The van der Waals surface area contributed by atoms with Crippen molar-refractivity contribution in [3.05, 3.63) is 30.5 Å². The van der Waals surface area contributed by atoms with E-state index in [1.54, 1.807) is 7.11 Å². The summed E-state index contributed by atoms with van der Waals surface area (Å²) in [6.45, 7) is 2.37. The lowest BCUT2D eigenvalue weighted by Gasteiger charge is -2.60. The third-order valence-corrected chi connectivity index (χ3v) is 5.54. The van der Waals surface area contributed by atoms with E-state index in [2.05, 4.69) is 34.6 Å². The van der Waals surface area contributed by atoms with Crippen molar-refractivity contribution in [2.24, 2.45) is 11.3 Å². The van der Waals surface area contributed by atoms with Gasteiger partial charge in [0, 0.05) is 41.8 Å². The second-order valence-electron chi connectivity index (χ2n) is 6.53. The highest BCUT2D eigenvalue weighted by Crippen LogP contribution is 2.53. The number of ether oxygens (including phenoxy) is 1. The van der Waals surface area contributed by atoms with Gasteiger partial charge < -0.3 is 9.64 Å². The molecule has 0 N–H and O–H groups in total. The van der Waals surface area contributed by atoms with Crippen LogP contribution in [0.15, 0.2) is 30.5 Å². The van der Waals surface area contributed by atoms with Gasteiger partial charge in [-0.25, -0.2) is 0 Å². The Hall–Kier alpha value is -1.42. The Bertz CT molecular complexity index is 674. The largest absolute Gasteiger partial charge is 0.497 e. The van der Waals surface area contributed by atoms with Gasteiger partial charge in [-0.1, -0.05) is 0 Å². The van der Waals surface area contributed by atoms with E-state index in [1.165, 1.54) is 37.0 Å². The number of nitrogens with zero attached hydrogens (tertiary/aromatic N) is 2. The predicted molar refractivity (Wildman–Crippen MR) is 89.5 cm³/mol. The van der Waals surface area contributed by atoms with E-state index in [1.807, 2.05) is 18.3 Å². The molecule has 2 fully saturated rings. The first-order chi connectivity index (χ1) is 10.2. The Morgan fingerprint density at radius 2 is 2.14 bits per heavy atom. The molecule has 1 aliphatic carbocycles. The van der Waals surface area contributed by atoms with Gasteiger partial charge >= 0.3 is 0 Å². The number of hydrogen-bond donors (Lipinski definition) is 1. The molecule has 1 aromatic carbocycles. The molecule has 110 valence electrons. The van der Waals surface area contributed by atoms with Crippen LogP contribution in [0.25, 0.3) is 10.9 Å². The maximum absolute atomic E-state index is 5.29. The highest BCUT2D eigenvalue weighted by atomic mass is 32.1. The van der Waals surface area contributed by atoms with Crippen LogP contribution in [0.4, 0.5) is 5.69 Å². The van der Waals surface area contributed by atoms with Gasteiger partial charge in [0.25, 0.3) is 0 Å². The molecule has 0 bridgehead atoms. The summed E-state index contributed by atoms with van der Waals surface area (Å²) in [5, 5.41) is 1.22. The predicted octanol–water partition coefficient (Wildman–Crippen LogP) is 3.39. The Kier molecular flexibility index (Phi) is 3.03. The smallest absolute Gasteiger partial charge is 0.121 e. The molecule has 0 unspecified atom stereocenters. The zero-order chi connectivity index (χ0) is 14.4. The molecule has 2 aromatic rings. The second kappa shape index (κ2) is 4.80. The zero-order valence-electron chi connectivity index (χ0n) is 12.2. The van der Waals surface area contributed by atoms with Crippen molar-refractivity contribution in [3.8, 4) is 5.75 Å². The van der Waals surface area contributed by atoms with Crippen molar-refractivity contribution >= 4 is 29.2 Å². The average molecular weight is 300 g/mol. The number of rotatable bonds is 3. The first-order valence-electron chi connectivity index (χ1n) is 7.52. The normalized spacial score (nSPS) is 20.4. The van der Waals surface area contributed by atoms with E-state index in [4.69, 9.17) is 4.74 Å². The zero-order valence-corrected chi connectivity index (χ0v) is 13.1. The first kappa shape index (κ1) is 13.3. The molecule has 4 rings (SSSR count). The minimum absolute atomic E-state index is 0.579. The molecule has 0 radical (unpaired) electrons. The molecule has 2 aliphatic rings. The summed E-state index contributed by atoms with van der Waals surface area (Å²) < 4.78 is 5.29. The molecule has 1 aliphatic heterocycles. The van der Waals surface area contributed by atoms with E-state index >= 15 is 0 Å². The Labute approximate surface area is 130 Å². The first-order valence-corrected chi connectivity index (χ1v) is 8.15. The maximum Gasteiger partial charge on any atom is 0.121 e. The second-order valence-corrected chi connectivity index (χ2v) is 6.89. The number of thiol groups is 1. The van der Waals surface area contributed by atoms with Gasteiger partial charge in [0.15, 0.2) is 0 Å². The van der Waals surface area contributed by atoms with Gasteiger partial charge in [-0.15, -0.1) is 0 Å². The summed E-state index contributed by atoms with van der Waals surface area (Å²) in [4.78, 5) is 6.96. The molecule has 1 aromatic heterocycles. The third kappa shape index (κ3) is 2.08. The molecule has 0 atom stereocenters. The number of methoxy groups -OCH3 is 1. The van der Waals surface area contributed by atoms with Crippen LogP contribution in [-0.2, 0) is 0 Å². The van der Waals surface area contributed by atoms with E-state index in [0.29, 0.717) is 5.41 Å². The van der Waals surface area contributed by atoms with Gasteiger partial charge in [-0.3, -0.25) is 4.98 Å². The van der Waals surface area contributed by atoms with E-state index < -0.39 is 0 Å². The number of fused-ring (bicyclic) bond motifs is 1. The van der Waals surface area contributed by atoms with Gasteiger partial charge in [-0.2, -0.15) is 12.6 Å². The lowest BCUT2D eigenvalue weighted by molar-refractivity contribution is 0.0365. The fraction of sp³-hybridized carbons (Fsp3) is 0.471. The topological polar surface area (TPSA) is 25.4 Å². The van der Waals surface area contributed by atoms with Gasteiger partial charge in [0.1, 0.15) is 5.75 Å². The molecule has 1 saturated carbocycles. The van der Waals surface area contributed by atoms with Crippen LogP contribution in [0.1, 0.15) is 12.8 Å². The van der Waals surface area contributed by atoms with Crippen molar-refractivity contribution in [2.75, 3.05) is 30.9 Å². The number of aromatic nitrogens is 1. The van der Waals surface area contributed by atoms with Crippen molar-refractivity contribution in [1.29, 1.82) is 0 Å². The Morgan fingerprint density at radius 1 is 1.33 bits per heavy atom. The fourth-order valence-corrected chi connectivity index (χ4v) is 4.26. The van der Waals surface area contributed by atoms with Gasteiger partial charge in [0.05, 0.1) is 12.6 Å². The highest BCUT2D eigenvalue weighted by molar-refractivity contribution is 7.80. The summed E-state index contributed by atoms with van der Waals surface area (Å²) in [5.74, 6) is 2.75. The lowest BCUT2D eigenvalue weighted by atomic mass is 9.58. The van der Waals surface area contributed by atoms with Crippen molar-refractivity contribution in [1.82, 2.24) is 4.98 Å². The van der Waals surface area contributed by atoms with Crippen LogP contribution in [0, 0.1) is 11.3 Å². The number of pyridine rings is 1. The molecule has 1 spiro atoms. The molecule has 4 heteroatoms. The summed E-state index contributed by atoms with van der Waals surface area (Å²) in [6.07, 6.45) is 4.60. The van der Waals surface area contributed by atoms with Crippen LogP contribution in [0.2, 0.25) is 0 Å². The minimum Gasteiger partial charge on any atom is -0.497 e. The van der Waals surface area contributed by atoms with Crippen LogP contribution < -0.4 is 9.64 Å². The molecule has 2 heterocycles. The standard InChI is InChI=1S/C17H20N2OS/c1-20-13-2-3-14-15(6-13)18-5-4-16(14)19-10-17(11-19)7-12(8-17)9-21/h2-6,12,21H,7-11H2,1H3. The number of hydrogen-bond acceptors (Lipinski definition) is 4. The number of anilines is 1. The van der Waals surface area contributed by atoms with Crippen LogP contribution >= 0.6 is 12.6 Å². The molecule has 3 nitrogen and oxygen atoms in total. The Balaban J connectivity index is 1.58. The lowest BCUT2D eigenvalue weighted by Crippen LogP contribution is -2.62. The van der Waals surface area contributed by atoms with Crippen molar-refractivity contribution in [2.45, 2.75) is 12.8 Å². The number of benzene rings is 1. The van der Waals surface area contributed by atoms with E-state index in [0.717, 1.165) is 22.9 Å². The molecular formula is C17H20N2OS. The van der Waals surface area contributed by atoms with Crippen molar-refractivity contribution in [3.63, 3.8) is 0 Å². The SMILES string of the molecule is COc1ccc2c(N3CC4(CC(CS)C4)C3)ccnc2c1. The third-order valence-electron chi connectivity index (χ3n) is 5.02. The van der Waals surface area contributed by atoms with E-state index in [-0.39, 0.29) is 0 Å². The average Bonchev–Trinajstić information content (AvgIpc) is 2.44. The molecule has 0 amide bonds. The fourth-order valence-electron chi connectivity index (χ4n) is 4.00. The van der Waals surface area contributed by atoms with Crippen LogP contribution in [-0.4, -0.2) is 30.9 Å².